The molecule has 0 aliphatic carbocycles. The van der Waals surface area contributed by atoms with Crippen molar-refractivity contribution in [2.45, 2.75) is 31.1 Å². The molecule has 156 valence electrons. The summed E-state index contributed by atoms with van der Waals surface area (Å²) in [6.45, 7) is 2.14. The highest BCUT2D eigenvalue weighted by Crippen LogP contribution is 2.29. The minimum Gasteiger partial charge on any atom is -0.467 e. The Morgan fingerprint density at radius 3 is 2.63 bits per heavy atom. The molecule has 4 rings (SSSR count). The van der Waals surface area contributed by atoms with E-state index in [1.807, 2.05) is 0 Å². The summed E-state index contributed by atoms with van der Waals surface area (Å²) in [7, 11) is 0. The third kappa shape index (κ3) is 4.91. The lowest BCUT2D eigenvalue weighted by Gasteiger charge is -2.16. The maximum atomic E-state index is 12.4. The van der Waals surface area contributed by atoms with Gasteiger partial charge < -0.3 is 20.0 Å². The Bertz CT molecular complexity index is 950. The predicted octanol–water partition coefficient (Wildman–Crippen LogP) is 2.63. The van der Waals surface area contributed by atoms with Crippen LogP contribution in [0.25, 0.3) is 0 Å². The van der Waals surface area contributed by atoms with Crippen LogP contribution in [0.2, 0.25) is 0 Å². The maximum absolute atomic E-state index is 12.4. The number of anilines is 1. The minimum atomic E-state index is -0.479. The van der Waals surface area contributed by atoms with Gasteiger partial charge in [-0.2, -0.15) is 4.99 Å². The van der Waals surface area contributed by atoms with Gasteiger partial charge >= 0.3 is 0 Å². The van der Waals surface area contributed by atoms with Crippen LogP contribution in [0.1, 0.15) is 35.4 Å². The van der Waals surface area contributed by atoms with Crippen molar-refractivity contribution >= 4 is 40.3 Å². The third-order valence-corrected chi connectivity index (χ3v) is 6.12. The number of thioether (sulfide) groups is 1. The van der Waals surface area contributed by atoms with Gasteiger partial charge in [0.2, 0.25) is 5.91 Å². The van der Waals surface area contributed by atoms with Gasteiger partial charge in [-0.15, -0.1) is 0 Å². The van der Waals surface area contributed by atoms with Crippen molar-refractivity contribution in [3.05, 3.63) is 54.0 Å². The second-order valence-electron chi connectivity index (χ2n) is 7.12. The Morgan fingerprint density at radius 2 is 1.93 bits per heavy atom. The first-order valence-electron chi connectivity index (χ1n) is 9.83. The molecular weight excluding hydrogens is 404 g/mol. The van der Waals surface area contributed by atoms with Crippen LogP contribution in [0.15, 0.2) is 52.1 Å². The molecule has 8 nitrogen and oxygen atoms in total. The summed E-state index contributed by atoms with van der Waals surface area (Å²) in [6.07, 6.45) is 3.83. The molecule has 1 aromatic carbocycles. The molecule has 0 bridgehead atoms. The minimum absolute atomic E-state index is 0.0652. The average molecular weight is 426 g/mol. The van der Waals surface area contributed by atoms with E-state index in [1.165, 1.54) is 11.8 Å². The lowest BCUT2D eigenvalue weighted by atomic mass is 10.2. The van der Waals surface area contributed by atoms with E-state index in [0.717, 1.165) is 31.1 Å². The summed E-state index contributed by atoms with van der Waals surface area (Å²) in [4.78, 5) is 42.9. The highest BCUT2D eigenvalue weighted by Gasteiger charge is 2.33. The molecule has 3 amide bonds. The summed E-state index contributed by atoms with van der Waals surface area (Å²) in [5.41, 5.74) is 1.04. The molecule has 1 saturated heterocycles. The van der Waals surface area contributed by atoms with E-state index >= 15 is 0 Å². The first-order chi connectivity index (χ1) is 14.6. The maximum Gasteiger partial charge on any atom is 0.262 e. The molecule has 1 atom stereocenters. The SMILES string of the molecule is O=C(CC1SC(N2CCCC2)=NC1=O)Nc1ccc(C(=O)NCc2ccco2)cc1. The summed E-state index contributed by atoms with van der Waals surface area (Å²) in [6, 6.07) is 10.1. The molecular formula is C21H22N4O4S. The molecule has 0 saturated carbocycles. The number of carbonyl (C=O) groups is 3. The smallest absolute Gasteiger partial charge is 0.262 e. The summed E-state index contributed by atoms with van der Waals surface area (Å²) < 4.78 is 5.18. The number of amidine groups is 1. The van der Waals surface area contributed by atoms with Crippen LogP contribution < -0.4 is 10.6 Å². The summed E-state index contributed by atoms with van der Waals surface area (Å²) >= 11 is 1.37. The lowest BCUT2D eigenvalue weighted by molar-refractivity contribution is -0.121. The highest BCUT2D eigenvalue weighted by atomic mass is 32.2. The van der Waals surface area contributed by atoms with Gasteiger partial charge in [0.05, 0.1) is 12.8 Å². The van der Waals surface area contributed by atoms with Crippen LogP contribution >= 0.6 is 11.8 Å². The van der Waals surface area contributed by atoms with Crippen LogP contribution in [-0.2, 0) is 16.1 Å². The molecule has 0 radical (unpaired) electrons. The predicted molar refractivity (Wildman–Crippen MR) is 114 cm³/mol. The van der Waals surface area contributed by atoms with E-state index < -0.39 is 5.25 Å². The van der Waals surface area contributed by atoms with Crippen molar-refractivity contribution in [3.8, 4) is 0 Å². The van der Waals surface area contributed by atoms with Gasteiger partial charge in [0, 0.05) is 30.8 Å². The van der Waals surface area contributed by atoms with Gasteiger partial charge in [0.15, 0.2) is 5.17 Å². The largest absolute Gasteiger partial charge is 0.467 e. The number of likely N-dealkylation sites (tertiary alicyclic amines) is 1. The molecule has 1 unspecified atom stereocenters. The van der Waals surface area contributed by atoms with Crippen LogP contribution in [0.5, 0.6) is 0 Å². The zero-order valence-corrected chi connectivity index (χ0v) is 17.1. The van der Waals surface area contributed by atoms with E-state index in [-0.39, 0.29) is 24.1 Å². The van der Waals surface area contributed by atoms with Crippen molar-refractivity contribution in [2.24, 2.45) is 4.99 Å². The van der Waals surface area contributed by atoms with Gasteiger partial charge in [0.25, 0.3) is 11.8 Å². The number of hydrogen-bond acceptors (Lipinski definition) is 6. The van der Waals surface area contributed by atoms with Crippen molar-refractivity contribution in [2.75, 3.05) is 18.4 Å². The Hall–Kier alpha value is -3.07. The number of benzene rings is 1. The number of nitrogens with zero attached hydrogens (tertiary/aromatic N) is 2. The van der Waals surface area contributed by atoms with Crippen LogP contribution in [0.4, 0.5) is 5.69 Å². The number of furan rings is 1. The number of amides is 3. The number of rotatable bonds is 6. The normalized spacial score (nSPS) is 18.4. The van der Waals surface area contributed by atoms with Crippen molar-refractivity contribution < 1.29 is 18.8 Å². The Labute approximate surface area is 178 Å². The van der Waals surface area contributed by atoms with Gasteiger partial charge in [-0.25, -0.2) is 0 Å². The van der Waals surface area contributed by atoms with E-state index in [1.54, 1.807) is 42.7 Å². The molecule has 1 fully saturated rings. The number of nitrogens with one attached hydrogen (secondary N) is 2. The van der Waals surface area contributed by atoms with Crippen LogP contribution in [0, 0.1) is 0 Å². The fourth-order valence-electron chi connectivity index (χ4n) is 3.32. The summed E-state index contributed by atoms with van der Waals surface area (Å²) in [5.74, 6) is -0.0679. The number of hydrogen-bond donors (Lipinski definition) is 2. The van der Waals surface area contributed by atoms with Gasteiger partial charge in [-0.1, -0.05) is 11.8 Å². The van der Waals surface area contributed by atoms with Crippen molar-refractivity contribution in [1.82, 2.24) is 10.2 Å². The van der Waals surface area contributed by atoms with E-state index in [4.69, 9.17) is 4.42 Å². The van der Waals surface area contributed by atoms with E-state index in [0.29, 0.717) is 23.6 Å². The molecule has 1 aromatic heterocycles. The standard InChI is InChI=1S/C21H22N4O4S/c26-18(12-17-20(28)24-21(30-17)25-9-1-2-10-25)23-15-7-5-14(6-8-15)19(27)22-13-16-4-3-11-29-16/h3-8,11,17H,1-2,9-10,12-13H2,(H,22,27)(H,23,26). The molecule has 0 spiro atoms. The zero-order chi connectivity index (χ0) is 20.9. The van der Waals surface area contributed by atoms with Crippen molar-refractivity contribution in [1.29, 1.82) is 0 Å². The monoisotopic (exact) mass is 426 g/mol. The molecule has 2 aromatic rings. The van der Waals surface area contributed by atoms with Crippen LogP contribution in [0.3, 0.4) is 0 Å². The quantitative estimate of drug-likeness (QED) is 0.736. The molecule has 3 heterocycles. The molecule has 30 heavy (non-hydrogen) atoms. The van der Waals surface area contributed by atoms with Crippen molar-refractivity contribution in [3.63, 3.8) is 0 Å². The fraction of sp³-hybridized carbons (Fsp3) is 0.333. The van der Waals surface area contributed by atoms with E-state index in [2.05, 4.69) is 20.5 Å². The second kappa shape index (κ2) is 9.17. The number of carbonyl (C=O) groups excluding carboxylic acids is 3. The highest BCUT2D eigenvalue weighted by molar-refractivity contribution is 8.15. The molecule has 2 aliphatic heterocycles. The summed E-state index contributed by atoms with van der Waals surface area (Å²) in [5, 5.41) is 5.80. The first-order valence-corrected chi connectivity index (χ1v) is 10.7. The fourth-order valence-corrected chi connectivity index (χ4v) is 4.44. The Morgan fingerprint density at radius 1 is 1.17 bits per heavy atom. The topological polar surface area (TPSA) is 104 Å². The van der Waals surface area contributed by atoms with Gasteiger partial charge in [-0.05, 0) is 49.2 Å². The van der Waals surface area contributed by atoms with E-state index in [9.17, 15) is 14.4 Å². The number of aliphatic imine (C=N–C) groups is 1. The molecule has 2 N–H and O–H groups in total. The van der Waals surface area contributed by atoms with Gasteiger partial charge in [-0.3, -0.25) is 14.4 Å². The zero-order valence-electron chi connectivity index (χ0n) is 16.3. The first kappa shape index (κ1) is 20.2. The molecule has 2 aliphatic rings. The second-order valence-corrected chi connectivity index (χ2v) is 8.29. The van der Waals surface area contributed by atoms with Crippen LogP contribution in [-0.4, -0.2) is 46.1 Å². The Kier molecular flexibility index (Phi) is 6.18. The average Bonchev–Trinajstić information content (AvgIpc) is 3.50. The lowest BCUT2D eigenvalue weighted by Crippen LogP contribution is -2.25. The molecule has 9 heteroatoms. The van der Waals surface area contributed by atoms with Gasteiger partial charge in [0.1, 0.15) is 11.0 Å². The Balaban J connectivity index is 1.25. The third-order valence-electron chi connectivity index (χ3n) is 4.91.